The molecule has 2 rings (SSSR count). The topological polar surface area (TPSA) is 75.4 Å². The SMILES string of the molecule is CC1CCCC(CNC(=O)C(N)Cc2ccc(O)cc2)C1. The maximum absolute atomic E-state index is 12.1. The van der Waals surface area contributed by atoms with Crippen molar-refractivity contribution >= 4 is 5.91 Å². The molecule has 0 saturated heterocycles. The van der Waals surface area contributed by atoms with Gasteiger partial charge in [0.05, 0.1) is 6.04 Å². The molecule has 1 aliphatic rings. The molecule has 4 N–H and O–H groups in total. The average Bonchev–Trinajstić information content (AvgIpc) is 2.47. The predicted molar refractivity (Wildman–Crippen MR) is 83.9 cm³/mol. The first-order chi connectivity index (χ1) is 10.0. The van der Waals surface area contributed by atoms with Crippen LogP contribution in [0.15, 0.2) is 24.3 Å². The summed E-state index contributed by atoms with van der Waals surface area (Å²) >= 11 is 0. The van der Waals surface area contributed by atoms with Crippen LogP contribution in [0.5, 0.6) is 5.75 Å². The third kappa shape index (κ3) is 5.05. The number of phenols is 1. The number of carbonyl (C=O) groups excluding carboxylic acids is 1. The Kier molecular flexibility index (Phi) is 5.62. The zero-order valence-corrected chi connectivity index (χ0v) is 12.7. The number of hydrogen-bond donors (Lipinski definition) is 3. The molecule has 116 valence electrons. The van der Waals surface area contributed by atoms with Crippen molar-refractivity contribution in [2.24, 2.45) is 17.6 Å². The smallest absolute Gasteiger partial charge is 0.237 e. The van der Waals surface area contributed by atoms with Crippen LogP contribution in [-0.2, 0) is 11.2 Å². The molecule has 0 heterocycles. The van der Waals surface area contributed by atoms with Crippen molar-refractivity contribution in [3.63, 3.8) is 0 Å². The van der Waals surface area contributed by atoms with Gasteiger partial charge in [-0.2, -0.15) is 0 Å². The van der Waals surface area contributed by atoms with Gasteiger partial charge < -0.3 is 16.2 Å². The van der Waals surface area contributed by atoms with Gasteiger partial charge in [-0.1, -0.05) is 31.9 Å². The van der Waals surface area contributed by atoms with Crippen LogP contribution in [0.4, 0.5) is 0 Å². The number of amides is 1. The molecule has 21 heavy (non-hydrogen) atoms. The second-order valence-corrected chi connectivity index (χ2v) is 6.36. The van der Waals surface area contributed by atoms with Gasteiger partial charge in [0.25, 0.3) is 0 Å². The van der Waals surface area contributed by atoms with E-state index in [1.165, 1.54) is 25.7 Å². The summed E-state index contributed by atoms with van der Waals surface area (Å²) in [6, 6.07) is 6.29. The molecular formula is C17H26N2O2. The minimum absolute atomic E-state index is 0.0821. The Bertz CT molecular complexity index is 458. The summed E-state index contributed by atoms with van der Waals surface area (Å²) in [6.45, 7) is 3.02. The van der Waals surface area contributed by atoms with Crippen LogP contribution in [0.25, 0.3) is 0 Å². The quantitative estimate of drug-likeness (QED) is 0.778. The van der Waals surface area contributed by atoms with Crippen LogP contribution >= 0.6 is 0 Å². The van der Waals surface area contributed by atoms with Crippen LogP contribution in [0.1, 0.15) is 38.2 Å². The van der Waals surface area contributed by atoms with E-state index in [0.29, 0.717) is 12.3 Å². The van der Waals surface area contributed by atoms with Crippen LogP contribution < -0.4 is 11.1 Å². The largest absolute Gasteiger partial charge is 0.508 e. The van der Waals surface area contributed by atoms with E-state index in [1.807, 2.05) is 0 Å². The monoisotopic (exact) mass is 290 g/mol. The van der Waals surface area contributed by atoms with E-state index in [2.05, 4.69) is 12.2 Å². The Morgan fingerprint density at radius 1 is 1.38 bits per heavy atom. The van der Waals surface area contributed by atoms with Crippen LogP contribution in [0.2, 0.25) is 0 Å². The van der Waals surface area contributed by atoms with Gasteiger partial charge in [0, 0.05) is 6.54 Å². The van der Waals surface area contributed by atoms with E-state index in [4.69, 9.17) is 5.73 Å². The molecule has 3 atom stereocenters. The van der Waals surface area contributed by atoms with Gasteiger partial charge in [-0.3, -0.25) is 4.79 Å². The van der Waals surface area contributed by atoms with Crippen molar-refractivity contribution in [2.75, 3.05) is 6.54 Å². The Balaban J connectivity index is 1.75. The molecule has 1 aromatic carbocycles. The van der Waals surface area contributed by atoms with Gasteiger partial charge in [-0.05, 0) is 48.8 Å². The van der Waals surface area contributed by atoms with Crippen molar-refractivity contribution in [3.05, 3.63) is 29.8 Å². The summed E-state index contributed by atoms with van der Waals surface area (Å²) in [7, 11) is 0. The average molecular weight is 290 g/mol. The van der Waals surface area contributed by atoms with Crippen LogP contribution in [0.3, 0.4) is 0 Å². The molecule has 0 bridgehead atoms. The van der Waals surface area contributed by atoms with Crippen LogP contribution in [0, 0.1) is 11.8 Å². The lowest BCUT2D eigenvalue weighted by Crippen LogP contribution is -2.44. The van der Waals surface area contributed by atoms with E-state index in [0.717, 1.165) is 18.0 Å². The van der Waals surface area contributed by atoms with Gasteiger partial charge in [0.15, 0.2) is 0 Å². The number of aromatic hydroxyl groups is 1. The molecule has 0 aromatic heterocycles. The maximum atomic E-state index is 12.1. The van der Waals surface area contributed by atoms with Crippen molar-refractivity contribution < 1.29 is 9.90 Å². The molecule has 1 aromatic rings. The number of nitrogens with two attached hydrogens (primary N) is 1. The Morgan fingerprint density at radius 3 is 2.76 bits per heavy atom. The highest BCUT2D eigenvalue weighted by molar-refractivity contribution is 5.81. The maximum Gasteiger partial charge on any atom is 0.237 e. The van der Waals surface area contributed by atoms with Crippen LogP contribution in [-0.4, -0.2) is 23.6 Å². The second-order valence-electron chi connectivity index (χ2n) is 6.36. The number of benzene rings is 1. The Morgan fingerprint density at radius 2 is 2.10 bits per heavy atom. The highest BCUT2D eigenvalue weighted by Gasteiger charge is 2.20. The fraction of sp³-hybridized carbons (Fsp3) is 0.588. The Labute approximate surface area is 126 Å². The van der Waals surface area contributed by atoms with Crippen molar-refractivity contribution in [2.45, 2.75) is 45.1 Å². The highest BCUT2D eigenvalue weighted by Crippen LogP contribution is 2.27. The zero-order chi connectivity index (χ0) is 15.2. The minimum Gasteiger partial charge on any atom is -0.508 e. The lowest BCUT2D eigenvalue weighted by molar-refractivity contribution is -0.122. The molecule has 1 fully saturated rings. The molecule has 0 radical (unpaired) electrons. The summed E-state index contributed by atoms with van der Waals surface area (Å²) in [5.41, 5.74) is 6.92. The van der Waals surface area contributed by atoms with E-state index >= 15 is 0 Å². The summed E-state index contributed by atoms with van der Waals surface area (Å²) in [4.78, 5) is 12.1. The zero-order valence-electron chi connectivity index (χ0n) is 12.7. The minimum atomic E-state index is -0.532. The van der Waals surface area contributed by atoms with Gasteiger partial charge in [0.2, 0.25) is 5.91 Å². The van der Waals surface area contributed by atoms with Gasteiger partial charge in [-0.25, -0.2) is 0 Å². The predicted octanol–water partition coefficient (Wildman–Crippen LogP) is 2.20. The third-order valence-corrected chi connectivity index (χ3v) is 4.34. The molecule has 3 unspecified atom stereocenters. The first kappa shape index (κ1) is 15.8. The molecule has 0 spiro atoms. The fourth-order valence-electron chi connectivity index (χ4n) is 3.10. The van der Waals surface area contributed by atoms with E-state index < -0.39 is 6.04 Å². The van der Waals surface area contributed by atoms with E-state index in [1.54, 1.807) is 24.3 Å². The normalized spacial score (nSPS) is 23.5. The van der Waals surface area contributed by atoms with E-state index in [-0.39, 0.29) is 11.7 Å². The number of rotatable bonds is 5. The lowest BCUT2D eigenvalue weighted by Gasteiger charge is -2.27. The molecular weight excluding hydrogens is 264 g/mol. The Hall–Kier alpha value is -1.55. The molecule has 4 nitrogen and oxygen atoms in total. The van der Waals surface area contributed by atoms with Crippen molar-refractivity contribution in [1.82, 2.24) is 5.32 Å². The van der Waals surface area contributed by atoms with Gasteiger partial charge >= 0.3 is 0 Å². The fourth-order valence-corrected chi connectivity index (χ4v) is 3.10. The number of hydrogen-bond acceptors (Lipinski definition) is 3. The lowest BCUT2D eigenvalue weighted by atomic mass is 9.82. The first-order valence-corrected chi connectivity index (χ1v) is 7.86. The van der Waals surface area contributed by atoms with Crippen molar-refractivity contribution in [3.8, 4) is 5.75 Å². The first-order valence-electron chi connectivity index (χ1n) is 7.86. The van der Waals surface area contributed by atoms with Gasteiger partial charge in [0.1, 0.15) is 5.75 Å². The highest BCUT2D eigenvalue weighted by atomic mass is 16.3. The van der Waals surface area contributed by atoms with E-state index in [9.17, 15) is 9.90 Å². The second kappa shape index (κ2) is 7.46. The molecule has 1 aliphatic carbocycles. The third-order valence-electron chi connectivity index (χ3n) is 4.34. The molecule has 1 saturated carbocycles. The summed E-state index contributed by atoms with van der Waals surface area (Å²) < 4.78 is 0. The number of nitrogens with one attached hydrogen (secondary N) is 1. The summed E-state index contributed by atoms with van der Waals surface area (Å²) in [6.07, 6.45) is 5.48. The molecule has 4 heteroatoms. The summed E-state index contributed by atoms with van der Waals surface area (Å²) in [5.74, 6) is 1.51. The number of phenolic OH excluding ortho intramolecular Hbond substituents is 1. The summed E-state index contributed by atoms with van der Waals surface area (Å²) in [5, 5.41) is 12.2. The molecule has 0 aliphatic heterocycles. The number of carbonyl (C=O) groups is 1. The van der Waals surface area contributed by atoms with Gasteiger partial charge in [-0.15, -0.1) is 0 Å². The standard InChI is InChI=1S/C17H26N2O2/c1-12-3-2-4-14(9-12)11-19-17(21)16(18)10-13-5-7-15(20)8-6-13/h5-8,12,14,16,20H,2-4,9-11,18H2,1H3,(H,19,21). The molecule has 1 amide bonds. The van der Waals surface area contributed by atoms with Crippen molar-refractivity contribution in [1.29, 1.82) is 0 Å².